The molecule has 0 saturated heterocycles. The van der Waals surface area contributed by atoms with Crippen LogP contribution < -0.4 is 0 Å². The lowest BCUT2D eigenvalue weighted by molar-refractivity contribution is 0.211. The van der Waals surface area contributed by atoms with E-state index in [1.807, 2.05) is 0 Å². The predicted octanol–water partition coefficient (Wildman–Crippen LogP) is 4.04. The third kappa shape index (κ3) is 6.31. The third-order valence-electron chi connectivity index (χ3n) is 3.40. The van der Waals surface area contributed by atoms with Gasteiger partial charge in [0.05, 0.1) is 17.7 Å². The quantitative estimate of drug-likeness (QED) is 0.645. The molecule has 1 aliphatic rings. The first-order chi connectivity index (χ1) is 8.36. The van der Waals surface area contributed by atoms with E-state index in [1.165, 1.54) is 44.9 Å². The van der Waals surface area contributed by atoms with E-state index >= 15 is 0 Å². The Morgan fingerprint density at radius 1 is 1.12 bits per heavy atom. The van der Waals surface area contributed by atoms with Crippen LogP contribution in [0.1, 0.15) is 64.2 Å². The van der Waals surface area contributed by atoms with Crippen LogP contribution in [0.2, 0.25) is 0 Å². The summed E-state index contributed by atoms with van der Waals surface area (Å²) in [5.41, 5.74) is 1.07. The number of nitriles is 1. The molecular weight excluding hydrogens is 212 g/mol. The highest BCUT2D eigenvalue weighted by atomic mass is 16.6. The summed E-state index contributed by atoms with van der Waals surface area (Å²) in [6.07, 6.45) is 11.7. The van der Waals surface area contributed by atoms with Crippen molar-refractivity contribution in [3.05, 3.63) is 0 Å². The summed E-state index contributed by atoms with van der Waals surface area (Å²) in [5.74, 6) is 0.128. The fourth-order valence-corrected chi connectivity index (χ4v) is 2.41. The van der Waals surface area contributed by atoms with E-state index in [-0.39, 0.29) is 5.92 Å². The van der Waals surface area contributed by atoms with Gasteiger partial charge in [0.1, 0.15) is 7.11 Å². The Morgan fingerprint density at radius 2 is 1.76 bits per heavy atom. The third-order valence-corrected chi connectivity index (χ3v) is 3.40. The van der Waals surface area contributed by atoms with Crippen molar-refractivity contribution >= 4 is 5.71 Å². The van der Waals surface area contributed by atoms with Gasteiger partial charge in [-0.25, -0.2) is 0 Å². The van der Waals surface area contributed by atoms with E-state index in [2.05, 4.69) is 11.2 Å². The average Bonchev–Trinajstić information content (AvgIpc) is 2.32. The van der Waals surface area contributed by atoms with Crippen LogP contribution in [-0.4, -0.2) is 12.8 Å². The largest absolute Gasteiger partial charge is 0.399 e. The molecule has 96 valence electrons. The molecule has 1 unspecified atom stereocenters. The maximum absolute atomic E-state index is 9.14. The Morgan fingerprint density at radius 3 is 2.41 bits per heavy atom. The number of oxime groups is 1. The van der Waals surface area contributed by atoms with Crippen LogP contribution in [0.15, 0.2) is 5.16 Å². The average molecular weight is 236 g/mol. The van der Waals surface area contributed by atoms with Crippen LogP contribution in [0.3, 0.4) is 0 Å². The van der Waals surface area contributed by atoms with Gasteiger partial charge in [-0.15, -0.1) is 0 Å². The Hall–Kier alpha value is -1.04. The standard InChI is InChI=1S/C14H24N2O/c1-17-16-14-10-8-6-4-2-3-5-7-9-13(11-14)12-15/h13H,2-11H2,1H3/b16-14+. The normalized spacial score (nSPS) is 26.6. The molecule has 0 radical (unpaired) electrons. The molecule has 1 rings (SSSR count). The lowest BCUT2D eigenvalue weighted by atomic mass is 9.93. The van der Waals surface area contributed by atoms with Gasteiger partial charge < -0.3 is 4.84 Å². The highest BCUT2D eigenvalue weighted by Crippen LogP contribution is 2.19. The molecule has 1 atom stereocenters. The first-order valence-corrected chi connectivity index (χ1v) is 6.85. The molecule has 0 amide bonds. The minimum atomic E-state index is 0.128. The highest BCUT2D eigenvalue weighted by Gasteiger charge is 2.13. The molecule has 1 saturated carbocycles. The predicted molar refractivity (Wildman–Crippen MR) is 69.7 cm³/mol. The van der Waals surface area contributed by atoms with Crippen molar-refractivity contribution in [1.82, 2.24) is 0 Å². The molecule has 17 heavy (non-hydrogen) atoms. The minimum Gasteiger partial charge on any atom is -0.399 e. The lowest BCUT2D eigenvalue weighted by Gasteiger charge is -2.12. The molecule has 3 heteroatoms. The molecule has 3 nitrogen and oxygen atoms in total. The summed E-state index contributed by atoms with van der Waals surface area (Å²) < 4.78 is 0. The minimum absolute atomic E-state index is 0.128. The van der Waals surface area contributed by atoms with Crippen LogP contribution >= 0.6 is 0 Å². The van der Waals surface area contributed by atoms with E-state index < -0.39 is 0 Å². The van der Waals surface area contributed by atoms with E-state index in [4.69, 9.17) is 10.1 Å². The number of rotatable bonds is 1. The van der Waals surface area contributed by atoms with E-state index in [9.17, 15) is 0 Å². The summed E-state index contributed by atoms with van der Waals surface area (Å²) in [7, 11) is 1.59. The van der Waals surface area contributed by atoms with Gasteiger partial charge in [-0.05, 0) is 19.3 Å². The smallest absolute Gasteiger partial charge is 0.106 e. The maximum Gasteiger partial charge on any atom is 0.106 e. The molecule has 1 fully saturated rings. The Balaban J connectivity index is 2.52. The van der Waals surface area contributed by atoms with Gasteiger partial charge in [-0.3, -0.25) is 0 Å². The zero-order valence-electron chi connectivity index (χ0n) is 11.0. The number of hydrogen-bond acceptors (Lipinski definition) is 3. The van der Waals surface area contributed by atoms with Gasteiger partial charge in [-0.2, -0.15) is 5.26 Å². The van der Waals surface area contributed by atoms with Crippen molar-refractivity contribution in [3.63, 3.8) is 0 Å². The van der Waals surface area contributed by atoms with Crippen LogP contribution in [0.5, 0.6) is 0 Å². The summed E-state index contributed by atoms with van der Waals surface area (Å²) in [6.45, 7) is 0. The topological polar surface area (TPSA) is 45.4 Å². The highest BCUT2D eigenvalue weighted by molar-refractivity contribution is 5.84. The first-order valence-electron chi connectivity index (χ1n) is 6.85. The summed E-state index contributed by atoms with van der Waals surface area (Å²) in [5, 5.41) is 13.2. The Labute approximate surface area is 105 Å². The first kappa shape index (κ1) is 14.0. The summed E-state index contributed by atoms with van der Waals surface area (Å²) >= 11 is 0. The summed E-state index contributed by atoms with van der Waals surface area (Å²) in [6, 6.07) is 2.41. The van der Waals surface area contributed by atoms with Gasteiger partial charge in [0.25, 0.3) is 0 Å². The SMILES string of the molecule is CO/N=C1\CCCCCCCCCC(C#N)C1. The van der Waals surface area contributed by atoms with Crippen LogP contribution in [0.4, 0.5) is 0 Å². The maximum atomic E-state index is 9.14. The van der Waals surface area contributed by atoms with Gasteiger partial charge in [0.2, 0.25) is 0 Å². The molecule has 0 aromatic rings. The molecule has 0 heterocycles. The van der Waals surface area contributed by atoms with Crippen molar-refractivity contribution in [1.29, 1.82) is 5.26 Å². The van der Waals surface area contributed by atoms with Gasteiger partial charge >= 0.3 is 0 Å². The second-order valence-electron chi connectivity index (χ2n) is 4.88. The van der Waals surface area contributed by atoms with Crippen molar-refractivity contribution in [2.75, 3.05) is 7.11 Å². The molecular formula is C14H24N2O. The van der Waals surface area contributed by atoms with Gasteiger partial charge in [0, 0.05) is 6.42 Å². The zero-order chi connectivity index (χ0) is 12.3. The fourth-order valence-electron chi connectivity index (χ4n) is 2.41. The second kappa shape index (κ2) is 9.04. The molecule has 0 aromatic heterocycles. The zero-order valence-corrected chi connectivity index (χ0v) is 11.0. The van der Waals surface area contributed by atoms with E-state index in [0.717, 1.165) is 25.0 Å². The molecule has 0 bridgehead atoms. The van der Waals surface area contributed by atoms with Gasteiger partial charge in [0.15, 0.2) is 0 Å². The number of nitrogens with zero attached hydrogens (tertiary/aromatic N) is 2. The molecule has 0 spiro atoms. The molecule has 0 aromatic carbocycles. The van der Waals surface area contributed by atoms with Gasteiger partial charge in [-0.1, -0.05) is 43.7 Å². The molecule has 0 N–H and O–H groups in total. The second-order valence-corrected chi connectivity index (χ2v) is 4.88. The van der Waals surface area contributed by atoms with E-state index in [1.54, 1.807) is 7.11 Å². The van der Waals surface area contributed by atoms with Crippen molar-refractivity contribution in [2.24, 2.45) is 11.1 Å². The number of hydrogen-bond donors (Lipinski definition) is 0. The van der Waals surface area contributed by atoms with Crippen molar-refractivity contribution in [3.8, 4) is 6.07 Å². The Bertz CT molecular complexity index is 268. The monoisotopic (exact) mass is 236 g/mol. The van der Waals surface area contributed by atoms with Crippen LogP contribution in [-0.2, 0) is 4.84 Å². The Kier molecular flexibility index (Phi) is 7.46. The van der Waals surface area contributed by atoms with Crippen molar-refractivity contribution < 1.29 is 4.84 Å². The van der Waals surface area contributed by atoms with E-state index in [0.29, 0.717) is 0 Å². The molecule has 0 aliphatic heterocycles. The van der Waals surface area contributed by atoms with Crippen LogP contribution in [0, 0.1) is 17.2 Å². The lowest BCUT2D eigenvalue weighted by Crippen LogP contribution is -2.08. The fraction of sp³-hybridized carbons (Fsp3) is 0.857. The van der Waals surface area contributed by atoms with Crippen LogP contribution in [0.25, 0.3) is 0 Å². The summed E-state index contributed by atoms with van der Waals surface area (Å²) in [4.78, 5) is 4.88. The molecule has 1 aliphatic carbocycles. The van der Waals surface area contributed by atoms with Crippen molar-refractivity contribution in [2.45, 2.75) is 64.2 Å².